The highest BCUT2D eigenvalue weighted by molar-refractivity contribution is 8.07. The van der Waals surface area contributed by atoms with E-state index < -0.39 is 0 Å². The summed E-state index contributed by atoms with van der Waals surface area (Å²) in [5, 5.41) is 4.20. The van der Waals surface area contributed by atoms with E-state index in [2.05, 4.69) is 153 Å². The number of H-pyrrole nitrogens is 2. The molecule has 13 rings (SSSR count). The minimum atomic E-state index is 0.674. The van der Waals surface area contributed by atoms with Gasteiger partial charge in [0.1, 0.15) is 22.6 Å². The summed E-state index contributed by atoms with van der Waals surface area (Å²) in [5.41, 5.74) is 7.13. The quantitative estimate of drug-likeness (QED) is 0.150. The van der Waals surface area contributed by atoms with E-state index in [0.717, 1.165) is 158 Å². The summed E-state index contributed by atoms with van der Waals surface area (Å²) in [4.78, 5) is 52.2. The molecule has 0 fully saturated rings. The zero-order chi connectivity index (χ0) is 56.3. The molecule has 0 atom stereocenters. The average molecular weight is 1410 g/mol. The number of nitrogens with one attached hydrogen (secondary N) is 2. The summed E-state index contributed by atoms with van der Waals surface area (Å²) in [6, 6.07) is 19.2. The van der Waals surface area contributed by atoms with Crippen LogP contribution in [0.3, 0.4) is 0 Å². The second-order valence-corrected chi connectivity index (χ2v) is 39.0. The minimum Gasteiger partial charge on any atom is -0.324 e. The van der Waals surface area contributed by atoms with E-state index in [1.807, 2.05) is 94.1 Å². The first-order valence-electron chi connectivity index (χ1n) is 28.9. The van der Waals surface area contributed by atoms with E-state index in [1.54, 1.807) is 0 Å². The molecule has 0 saturated heterocycles. The Kier molecular flexibility index (Phi) is 23.8. The fraction of sp³-hybridized carbons (Fsp3) is 0.467. The number of fused-ring (bicyclic) bond motifs is 24. The van der Waals surface area contributed by atoms with Crippen molar-refractivity contribution in [1.29, 1.82) is 0 Å². The van der Waals surface area contributed by atoms with Crippen molar-refractivity contribution in [3.05, 3.63) is 48.5 Å². The molecule has 9 heterocycles. The van der Waals surface area contributed by atoms with Crippen LogP contribution in [-0.2, 0) is 0 Å². The molecule has 4 aromatic carbocycles. The van der Waals surface area contributed by atoms with E-state index in [0.29, 0.717) is 23.3 Å². The normalized spacial score (nSPS) is 19.2. The van der Waals surface area contributed by atoms with Crippen molar-refractivity contribution in [3.8, 4) is 45.6 Å². The van der Waals surface area contributed by atoms with Crippen LogP contribution in [-0.4, -0.2) is 178 Å². The van der Waals surface area contributed by atoms with Gasteiger partial charge in [0.2, 0.25) is 0 Å². The Morgan fingerprint density at radius 3 is 0.607 bits per heavy atom. The molecular weight excluding hydrogens is 1350 g/mol. The first-order valence-corrected chi connectivity index (χ1v) is 46.0. The van der Waals surface area contributed by atoms with Crippen LogP contribution in [0, 0.1) is 0 Å². The van der Waals surface area contributed by atoms with Crippen molar-refractivity contribution in [3.63, 3.8) is 0 Å². The van der Waals surface area contributed by atoms with Gasteiger partial charge in [-0.2, -0.15) is 94.1 Å². The van der Waals surface area contributed by atoms with E-state index in [1.165, 1.54) is 111 Å². The molecule has 84 heavy (non-hydrogen) atoms. The third-order valence-electron chi connectivity index (χ3n) is 14.3. The summed E-state index contributed by atoms with van der Waals surface area (Å²) in [6.07, 6.45) is 5.09. The summed E-state index contributed by atoms with van der Waals surface area (Å²) in [6.45, 7) is 0. The van der Waals surface area contributed by atoms with Crippen molar-refractivity contribution < 1.29 is 0 Å². The lowest BCUT2D eigenvalue weighted by atomic mass is 10.1. The molecule has 8 bridgehead atoms. The zero-order valence-electron chi connectivity index (χ0n) is 46.6. The Hall–Kier alpha value is -0.160. The molecule has 0 amide bonds. The standard InChI is InChI=1S/C60H66N8S16/c1-5-69-13-21-77-45-29-37-38(30-46(45)78-22-14-70-6-1)54-61-53(37)65-55-39-31-47-49(81-25-17-73-9-2-7-71-15-23-79-47)33-41(39)57(62-55)67-59-43-35-51-52(84-28-20-76-12-4-11-75-19-27-83-51)36-44(43)60(64-59)68-58-42-34-50-48(32-40(42)56(63-58)66-54)80-24-16-72-8-3-10-74-18-26-82-50/h29-36H,1-28H2,(H2,61,62,63,64,65,66,67,68). The molecular formula is C60H66N8S16. The van der Waals surface area contributed by atoms with Crippen molar-refractivity contribution in [2.45, 2.75) is 64.8 Å². The molecule has 0 saturated carbocycles. The lowest BCUT2D eigenvalue weighted by Gasteiger charge is -2.12. The van der Waals surface area contributed by atoms with Gasteiger partial charge < -0.3 is 9.97 Å². The number of benzene rings is 4. The van der Waals surface area contributed by atoms with Crippen LogP contribution in [0.1, 0.15) is 25.7 Å². The number of rotatable bonds is 0. The van der Waals surface area contributed by atoms with E-state index in [9.17, 15) is 0 Å². The van der Waals surface area contributed by atoms with Crippen LogP contribution in [0.5, 0.6) is 0 Å². The Morgan fingerprint density at radius 1 is 0.214 bits per heavy atom. The topological polar surface area (TPSA) is 109 Å². The second-order valence-electron chi connectivity index (χ2n) is 20.1. The Morgan fingerprint density at radius 2 is 0.405 bits per heavy atom. The zero-order valence-corrected chi connectivity index (χ0v) is 59.7. The predicted octanol–water partition coefficient (Wildman–Crippen LogP) is 19.1. The lowest BCUT2D eigenvalue weighted by molar-refractivity contribution is 1.12. The Labute approximate surface area is 562 Å². The largest absolute Gasteiger partial charge is 0.324 e. The second kappa shape index (κ2) is 31.9. The molecule has 8 nitrogen and oxygen atoms in total. The summed E-state index contributed by atoms with van der Waals surface area (Å²) >= 11 is 32.6. The van der Waals surface area contributed by atoms with Gasteiger partial charge in [0.05, 0.1) is 0 Å². The van der Waals surface area contributed by atoms with Crippen LogP contribution in [0.4, 0.5) is 0 Å². The van der Waals surface area contributed by atoms with Crippen LogP contribution in [0.2, 0.25) is 0 Å². The fourth-order valence-electron chi connectivity index (χ4n) is 10.3. The smallest absolute Gasteiger partial charge is 0.164 e. The van der Waals surface area contributed by atoms with Gasteiger partial charge in [-0.1, -0.05) is 0 Å². The first-order chi connectivity index (χ1) is 41.7. The third-order valence-corrected chi connectivity index (χ3v) is 33.9. The van der Waals surface area contributed by atoms with Crippen LogP contribution < -0.4 is 0 Å². The molecule has 0 radical (unpaired) electrons. The van der Waals surface area contributed by atoms with Crippen LogP contribution in [0.15, 0.2) is 87.7 Å². The maximum Gasteiger partial charge on any atom is 0.164 e. The van der Waals surface area contributed by atoms with Gasteiger partial charge >= 0.3 is 0 Å². The highest BCUT2D eigenvalue weighted by atomic mass is 32.2. The Balaban J connectivity index is 1.08. The predicted molar refractivity (Wildman–Crippen MR) is 399 cm³/mol. The fourth-order valence-corrected chi connectivity index (χ4v) is 28.3. The first kappa shape index (κ1) is 62.6. The van der Waals surface area contributed by atoms with Crippen molar-refractivity contribution in [2.24, 2.45) is 0 Å². The molecule has 0 spiro atoms. The number of thioether (sulfide) groups is 16. The van der Waals surface area contributed by atoms with Gasteiger partial charge in [-0.15, -0.1) is 94.1 Å². The third kappa shape index (κ3) is 15.8. The highest BCUT2D eigenvalue weighted by Gasteiger charge is 2.27. The maximum absolute atomic E-state index is 5.71. The maximum atomic E-state index is 5.71. The average Bonchev–Trinajstić information content (AvgIpc) is 2.91. The van der Waals surface area contributed by atoms with Crippen molar-refractivity contribution >= 4 is 232 Å². The molecule has 2 N–H and O–H groups in total. The summed E-state index contributed by atoms with van der Waals surface area (Å²) in [7, 11) is 0. The lowest BCUT2D eigenvalue weighted by Crippen LogP contribution is -1.91. The van der Waals surface area contributed by atoms with Gasteiger partial charge in [-0.25, -0.2) is 29.9 Å². The molecule has 0 aliphatic carbocycles. The molecule has 442 valence electrons. The monoisotopic (exact) mass is 1410 g/mol. The molecule has 6 aliphatic rings. The molecule has 0 unspecified atom stereocenters. The van der Waals surface area contributed by atoms with Crippen LogP contribution >= 0.6 is 188 Å². The van der Waals surface area contributed by atoms with E-state index >= 15 is 0 Å². The SMILES string of the molecule is c1c2c(cc3c1-c1nc-3nc3[nH]c(nc4nc(nc5[nH]c(n1)c1cc6c(cc51)SCCSCCCSCCS6)-c1cc5c(cc1-4)SCCSCCCSCCS5)c1cc4c(cc31)SCCSCCCSCCS4)SCCSCCCSCCS2. The van der Waals surface area contributed by atoms with Gasteiger partial charge in [0.25, 0.3) is 0 Å². The van der Waals surface area contributed by atoms with E-state index in [-0.39, 0.29) is 0 Å². The van der Waals surface area contributed by atoms with Crippen molar-refractivity contribution in [2.75, 3.05) is 138 Å². The molecule has 3 aromatic heterocycles. The Bertz CT molecular complexity index is 3180. The number of hydrogen-bond donors (Lipinski definition) is 2. The van der Waals surface area contributed by atoms with E-state index in [4.69, 9.17) is 29.9 Å². The summed E-state index contributed by atoms with van der Waals surface area (Å²) < 4.78 is 0. The molecule has 7 aromatic rings. The number of aromatic nitrogens is 8. The summed E-state index contributed by atoms with van der Waals surface area (Å²) in [5.74, 6) is 30.0. The van der Waals surface area contributed by atoms with Gasteiger partial charge in [-0.05, 0) is 120 Å². The number of aromatic amines is 2. The van der Waals surface area contributed by atoms with Gasteiger partial charge in [0.15, 0.2) is 23.3 Å². The minimum absolute atomic E-state index is 0.674. The van der Waals surface area contributed by atoms with Crippen LogP contribution in [0.25, 0.3) is 89.7 Å². The molecule has 6 aliphatic heterocycles. The number of hydrogen-bond acceptors (Lipinski definition) is 22. The highest BCUT2D eigenvalue weighted by Crippen LogP contribution is 2.47. The number of nitrogens with zero attached hydrogens (tertiary/aromatic N) is 6. The van der Waals surface area contributed by atoms with Gasteiger partial charge in [0, 0.05) is 175 Å². The molecule has 24 heteroatoms. The van der Waals surface area contributed by atoms with Gasteiger partial charge in [-0.3, -0.25) is 0 Å². The van der Waals surface area contributed by atoms with Crippen molar-refractivity contribution in [1.82, 2.24) is 39.9 Å².